The highest BCUT2D eigenvalue weighted by Crippen LogP contribution is 2.29. The molecule has 0 radical (unpaired) electrons. The van der Waals surface area contributed by atoms with Crippen molar-refractivity contribution in [1.29, 1.82) is 0 Å². The van der Waals surface area contributed by atoms with Gasteiger partial charge in [-0.3, -0.25) is 4.98 Å². The van der Waals surface area contributed by atoms with Crippen LogP contribution in [0.25, 0.3) is 12.2 Å². The van der Waals surface area contributed by atoms with E-state index in [0.29, 0.717) is 33.5 Å². The summed E-state index contributed by atoms with van der Waals surface area (Å²) in [6.07, 6.45) is 8.30. The molecule has 0 unspecified atom stereocenters. The molecule has 0 spiro atoms. The van der Waals surface area contributed by atoms with Gasteiger partial charge in [-0.05, 0) is 62.2 Å². The van der Waals surface area contributed by atoms with Crippen LogP contribution in [-0.4, -0.2) is 33.1 Å². The molecule has 3 aromatic rings. The van der Waals surface area contributed by atoms with Crippen LogP contribution >= 0.6 is 23.2 Å². The van der Waals surface area contributed by atoms with Gasteiger partial charge in [-0.2, -0.15) is 4.98 Å². The van der Waals surface area contributed by atoms with Crippen molar-refractivity contribution in [3.8, 4) is 5.75 Å². The smallest absolute Gasteiger partial charge is 0.344 e. The lowest BCUT2D eigenvalue weighted by Gasteiger charge is -2.20. The molecule has 0 atom stereocenters. The summed E-state index contributed by atoms with van der Waals surface area (Å²) in [7, 11) is 0. The number of esters is 1. The molecule has 0 fully saturated rings. The number of rotatable bonds is 7. The van der Waals surface area contributed by atoms with E-state index in [1.807, 2.05) is 18.2 Å². The Hall–Kier alpha value is -3.36. The molecule has 2 aromatic heterocycles. The third-order valence-corrected chi connectivity index (χ3v) is 4.45. The summed E-state index contributed by atoms with van der Waals surface area (Å²) in [6.45, 7) is 5.15. The van der Waals surface area contributed by atoms with Gasteiger partial charge in [0.2, 0.25) is 5.28 Å². The van der Waals surface area contributed by atoms with Crippen LogP contribution in [0.2, 0.25) is 10.3 Å². The molecular weight excluding hydrogens is 465 g/mol. The normalized spacial score (nSPS) is 11.4. The van der Waals surface area contributed by atoms with E-state index in [1.54, 1.807) is 51.4 Å². The summed E-state index contributed by atoms with van der Waals surface area (Å²) in [6, 6.07) is 7.08. The van der Waals surface area contributed by atoms with Crippen molar-refractivity contribution in [2.45, 2.75) is 26.4 Å². The number of carbonyl (C=O) groups excluding carboxylic acids is 1. The van der Waals surface area contributed by atoms with Crippen molar-refractivity contribution in [2.75, 3.05) is 17.7 Å². The standard InChI is InChI=1S/C23H23Cl2N5O3/c1-23(2,3)33-20(31)13-32-19-7-6-17(29-21-18(24)12-28-22(25)30-21)9-15(19)5-4-14-8-16(26)11-27-10-14/h4-12H,13,26H2,1-3H3,(H,28,29,30). The Morgan fingerprint density at radius 1 is 1.15 bits per heavy atom. The van der Waals surface area contributed by atoms with E-state index in [-0.39, 0.29) is 11.9 Å². The summed E-state index contributed by atoms with van der Waals surface area (Å²) in [5, 5.41) is 3.48. The molecule has 8 nitrogen and oxygen atoms in total. The lowest BCUT2D eigenvalue weighted by molar-refractivity contribution is -0.157. The highest BCUT2D eigenvalue weighted by atomic mass is 35.5. The number of anilines is 3. The number of halogens is 2. The number of carbonyl (C=O) groups is 1. The Bertz CT molecular complexity index is 1180. The van der Waals surface area contributed by atoms with Gasteiger partial charge in [0.15, 0.2) is 12.4 Å². The second-order valence-corrected chi connectivity index (χ2v) is 8.72. The van der Waals surface area contributed by atoms with Gasteiger partial charge in [-0.25, -0.2) is 9.78 Å². The molecule has 0 aliphatic heterocycles. The molecule has 10 heteroatoms. The van der Waals surface area contributed by atoms with E-state index in [9.17, 15) is 4.79 Å². The SMILES string of the molecule is CC(C)(C)OC(=O)COc1ccc(Nc2nc(Cl)ncc2Cl)cc1C=Cc1cncc(N)c1. The van der Waals surface area contributed by atoms with E-state index in [0.717, 1.165) is 5.56 Å². The van der Waals surface area contributed by atoms with Gasteiger partial charge < -0.3 is 20.5 Å². The highest BCUT2D eigenvalue weighted by Gasteiger charge is 2.17. The Labute approximate surface area is 201 Å². The number of ether oxygens (including phenoxy) is 2. The molecule has 1 aromatic carbocycles. The molecule has 0 amide bonds. The van der Waals surface area contributed by atoms with E-state index >= 15 is 0 Å². The molecule has 0 aliphatic rings. The summed E-state index contributed by atoms with van der Waals surface area (Å²) >= 11 is 12.0. The maximum atomic E-state index is 12.1. The number of nitrogens with zero attached hydrogens (tertiary/aromatic N) is 3. The quantitative estimate of drug-likeness (QED) is 0.336. The van der Waals surface area contributed by atoms with Gasteiger partial charge in [0.1, 0.15) is 16.4 Å². The average molecular weight is 488 g/mol. The molecule has 0 saturated carbocycles. The second kappa shape index (κ2) is 10.5. The minimum atomic E-state index is -0.602. The first-order chi connectivity index (χ1) is 15.6. The highest BCUT2D eigenvalue weighted by molar-refractivity contribution is 6.33. The lowest BCUT2D eigenvalue weighted by atomic mass is 10.1. The Morgan fingerprint density at radius 3 is 2.67 bits per heavy atom. The van der Waals surface area contributed by atoms with E-state index in [2.05, 4.69) is 20.3 Å². The average Bonchev–Trinajstić information content (AvgIpc) is 2.73. The first-order valence-electron chi connectivity index (χ1n) is 9.91. The van der Waals surface area contributed by atoms with Crippen molar-refractivity contribution in [1.82, 2.24) is 15.0 Å². The van der Waals surface area contributed by atoms with Crippen molar-refractivity contribution < 1.29 is 14.3 Å². The van der Waals surface area contributed by atoms with Gasteiger partial charge in [0.05, 0.1) is 11.9 Å². The fourth-order valence-electron chi connectivity index (χ4n) is 2.72. The summed E-state index contributed by atoms with van der Waals surface area (Å²) in [5.41, 5.74) is 7.90. The van der Waals surface area contributed by atoms with Crippen LogP contribution < -0.4 is 15.8 Å². The van der Waals surface area contributed by atoms with Gasteiger partial charge in [-0.1, -0.05) is 23.8 Å². The summed E-state index contributed by atoms with van der Waals surface area (Å²) < 4.78 is 11.0. The molecule has 0 bridgehead atoms. The Balaban J connectivity index is 1.87. The monoisotopic (exact) mass is 487 g/mol. The van der Waals surface area contributed by atoms with Crippen molar-refractivity contribution in [3.05, 3.63) is 64.3 Å². The fourth-order valence-corrected chi connectivity index (χ4v) is 2.99. The summed E-state index contributed by atoms with van der Waals surface area (Å²) in [4.78, 5) is 24.1. The second-order valence-electron chi connectivity index (χ2n) is 7.97. The topological polar surface area (TPSA) is 112 Å². The number of nitrogens with two attached hydrogens (primary N) is 1. The number of aromatic nitrogens is 3. The fraction of sp³-hybridized carbons (Fsp3) is 0.217. The zero-order valence-corrected chi connectivity index (χ0v) is 19.8. The zero-order valence-electron chi connectivity index (χ0n) is 18.3. The minimum Gasteiger partial charge on any atom is -0.481 e. The van der Waals surface area contributed by atoms with Gasteiger partial charge in [0.25, 0.3) is 0 Å². The van der Waals surface area contributed by atoms with E-state index < -0.39 is 11.6 Å². The first-order valence-corrected chi connectivity index (χ1v) is 10.7. The van der Waals surface area contributed by atoms with Crippen molar-refractivity contribution >= 4 is 58.5 Å². The van der Waals surface area contributed by atoms with E-state index in [4.69, 9.17) is 38.4 Å². The Morgan fingerprint density at radius 2 is 1.94 bits per heavy atom. The van der Waals surface area contributed by atoms with Crippen LogP contribution in [0.3, 0.4) is 0 Å². The van der Waals surface area contributed by atoms with Crippen LogP contribution in [0.1, 0.15) is 31.9 Å². The number of hydrogen-bond donors (Lipinski definition) is 2. The lowest BCUT2D eigenvalue weighted by Crippen LogP contribution is -2.27. The summed E-state index contributed by atoms with van der Waals surface area (Å²) in [5.74, 6) is 0.363. The third-order valence-electron chi connectivity index (χ3n) is 3.99. The van der Waals surface area contributed by atoms with Crippen LogP contribution in [0, 0.1) is 0 Å². The molecule has 2 heterocycles. The third kappa shape index (κ3) is 7.62. The number of nitrogens with one attached hydrogen (secondary N) is 1. The first kappa shape index (κ1) is 24.3. The van der Waals surface area contributed by atoms with Gasteiger partial charge in [0, 0.05) is 23.6 Å². The largest absolute Gasteiger partial charge is 0.481 e. The molecule has 3 rings (SSSR count). The van der Waals surface area contributed by atoms with Crippen molar-refractivity contribution in [3.63, 3.8) is 0 Å². The van der Waals surface area contributed by atoms with E-state index in [1.165, 1.54) is 6.20 Å². The van der Waals surface area contributed by atoms with Gasteiger partial charge in [-0.15, -0.1) is 0 Å². The van der Waals surface area contributed by atoms with Crippen LogP contribution in [0.5, 0.6) is 5.75 Å². The predicted molar refractivity (Wildman–Crippen MR) is 131 cm³/mol. The zero-order chi connectivity index (χ0) is 24.0. The molecule has 0 aliphatic carbocycles. The van der Waals surface area contributed by atoms with Crippen LogP contribution in [0.15, 0.2) is 42.9 Å². The predicted octanol–water partition coefficient (Wildman–Crippen LogP) is 5.40. The maximum Gasteiger partial charge on any atom is 0.344 e. The number of pyridine rings is 1. The number of hydrogen-bond acceptors (Lipinski definition) is 8. The van der Waals surface area contributed by atoms with Crippen molar-refractivity contribution in [2.24, 2.45) is 0 Å². The molecule has 33 heavy (non-hydrogen) atoms. The molecule has 3 N–H and O–H groups in total. The van der Waals surface area contributed by atoms with Crippen LogP contribution in [-0.2, 0) is 9.53 Å². The molecular formula is C23H23Cl2N5O3. The van der Waals surface area contributed by atoms with Crippen LogP contribution in [0.4, 0.5) is 17.2 Å². The molecule has 172 valence electrons. The minimum absolute atomic E-state index is 0.0634. The number of nitrogen functional groups attached to an aromatic ring is 1. The molecule has 0 saturated heterocycles. The van der Waals surface area contributed by atoms with Gasteiger partial charge >= 0.3 is 5.97 Å². The Kier molecular flexibility index (Phi) is 7.73. The number of benzene rings is 1. The maximum absolute atomic E-state index is 12.1.